The molecular weight excluding hydrogens is 336 g/mol. The van der Waals surface area contributed by atoms with E-state index in [1.165, 1.54) is 6.07 Å². The number of sulfonamides is 1. The molecule has 0 saturated heterocycles. The summed E-state index contributed by atoms with van der Waals surface area (Å²) in [6.45, 7) is 4.71. The Kier molecular flexibility index (Phi) is 6.33. The van der Waals surface area contributed by atoms with Crippen molar-refractivity contribution < 1.29 is 27.9 Å². The molecule has 1 amide bonds. The molecule has 1 aromatic rings. The van der Waals surface area contributed by atoms with Gasteiger partial charge in [-0.3, -0.25) is 4.79 Å². The molecule has 1 aromatic carbocycles. The molecule has 9 heteroatoms. The van der Waals surface area contributed by atoms with E-state index in [4.69, 9.17) is 9.84 Å². The fourth-order valence-corrected chi connectivity index (χ4v) is 2.75. The molecule has 0 saturated carbocycles. The maximum absolute atomic E-state index is 12.4. The Morgan fingerprint density at radius 3 is 2.42 bits per heavy atom. The van der Waals surface area contributed by atoms with Gasteiger partial charge in [-0.15, -0.1) is 0 Å². The van der Waals surface area contributed by atoms with Crippen LogP contribution in [0, 0.1) is 5.41 Å². The van der Waals surface area contributed by atoms with Gasteiger partial charge in [0, 0.05) is 11.8 Å². The number of carboxylic acids is 1. The summed E-state index contributed by atoms with van der Waals surface area (Å²) in [5.41, 5.74) is -0.280. The summed E-state index contributed by atoms with van der Waals surface area (Å²) in [6, 6.07) is 5.21. The van der Waals surface area contributed by atoms with Gasteiger partial charge in [0.1, 0.15) is 11.8 Å². The molecule has 0 aliphatic heterocycles. The summed E-state index contributed by atoms with van der Waals surface area (Å²) >= 11 is 0. The van der Waals surface area contributed by atoms with Crippen molar-refractivity contribution in [3.63, 3.8) is 0 Å². The first kappa shape index (κ1) is 19.9. The standard InChI is InChI=1S/C15H22N2O6S/c1-15(2,3)13(17-24(4,21)22)14(20)16-10-6-5-7-11(8-10)23-9-12(18)19/h5-8,13,17H,9H2,1-4H3,(H,16,20)(H,18,19). The van der Waals surface area contributed by atoms with Crippen LogP contribution in [0.5, 0.6) is 5.75 Å². The number of carbonyl (C=O) groups is 2. The van der Waals surface area contributed by atoms with Gasteiger partial charge in [-0.25, -0.2) is 17.9 Å². The predicted octanol–water partition coefficient (Wildman–Crippen LogP) is 1.05. The van der Waals surface area contributed by atoms with Crippen LogP contribution >= 0.6 is 0 Å². The predicted molar refractivity (Wildman–Crippen MR) is 89.4 cm³/mol. The number of amides is 1. The molecule has 0 spiro atoms. The minimum atomic E-state index is -3.57. The third kappa shape index (κ3) is 6.97. The van der Waals surface area contributed by atoms with Crippen LogP contribution in [-0.2, 0) is 19.6 Å². The second-order valence-corrected chi connectivity index (χ2v) is 8.17. The van der Waals surface area contributed by atoms with E-state index < -0.39 is 40.0 Å². The number of rotatable bonds is 7. The molecule has 0 aliphatic carbocycles. The van der Waals surface area contributed by atoms with Gasteiger partial charge >= 0.3 is 5.97 Å². The van der Waals surface area contributed by atoms with Crippen LogP contribution in [0.15, 0.2) is 24.3 Å². The molecule has 8 nitrogen and oxygen atoms in total. The summed E-state index contributed by atoms with van der Waals surface area (Å²) in [6.07, 6.45) is 0.985. The summed E-state index contributed by atoms with van der Waals surface area (Å²) in [5, 5.41) is 11.2. The van der Waals surface area contributed by atoms with E-state index >= 15 is 0 Å². The highest BCUT2D eigenvalue weighted by molar-refractivity contribution is 7.88. The number of hydrogen-bond donors (Lipinski definition) is 3. The van der Waals surface area contributed by atoms with Gasteiger partial charge in [-0.2, -0.15) is 0 Å². The van der Waals surface area contributed by atoms with Crippen LogP contribution in [0.25, 0.3) is 0 Å². The molecule has 3 N–H and O–H groups in total. The summed E-state index contributed by atoms with van der Waals surface area (Å²) in [7, 11) is -3.57. The van der Waals surface area contributed by atoms with E-state index in [2.05, 4.69) is 10.0 Å². The monoisotopic (exact) mass is 358 g/mol. The molecule has 0 radical (unpaired) electrons. The Hall–Kier alpha value is -2.13. The number of aliphatic carboxylic acids is 1. The van der Waals surface area contributed by atoms with Crippen LogP contribution in [0.4, 0.5) is 5.69 Å². The minimum absolute atomic E-state index is 0.276. The van der Waals surface area contributed by atoms with E-state index in [0.717, 1.165) is 6.26 Å². The van der Waals surface area contributed by atoms with Gasteiger partial charge in [-0.1, -0.05) is 26.8 Å². The number of anilines is 1. The van der Waals surface area contributed by atoms with E-state index in [-0.39, 0.29) is 5.75 Å². The van der Waals surface area contributed by atoms with E-state index in [1.807, 2.05) is 0 Å². The number of benzene rings is 1. The summed E-state index contributed by atoms with van der Waals surface area (Å²) < 4.78 is 30.3. The average molecular weight is 358 g/mol. The summed E-state index contributed by atoms with van der Waals surface area (Å²) in [5.74, 6) is -1.36. The van der Waals surface area contributed by atoms with Gasteiger partial charge in [0.05, 0.1) is 6.26 Å². The van der Waals surface area contributed by atoms with Crippen molar-refractivity contribution in [2.45, 2.75) is 26.8 Å². The normalized spacial score (nSPS) is 13.2. The highest BCUT2D eigenvalue weighted by Gasteiger charge is 2.33. The highest BCUT2D eigenvalue weighted by atomic mass is 32.2. The van der Waals surface area contributed by atoms with Gasteiger partial charge in [0.15, 0.2) is 6.61 Å². The minimum Gasteiger partial charge on any atom is -0.482 e. The maximum Gasteiger partial charge on any atom is 0.341 e. The molecule has 0 aromatic heterocycles. The molecule has 0 heterocycles. The lowest BCUT2D eigenvalue weighted by molar-refractivity contribution is -0.139. The second-order valence-electron chi connectivity index (χ2n) is 6.39. The molecule has 1 atom stereocenters. The largest absolute Gasteiger partial charge is 0.482 e. The van der Waals surface area contributed by atoms with Crippen LogP contribution in [0.2, 0.25) is 0 Å². The van der Waals surface area contributed by atoms with Gasteiger partial charge < -0.3 is 15.2 Å². The van der Waals surface area contributed by atoms with Crippen molar-refractivity contribution in [1.82, 2.24) is 4.72 Å². The zero-order chi connectivity index (χ0) is 18.5. The third-order valence-electron chi connectivity index (χ3n) is 2.92. The quantitative estimate of drug-likeness (QED) is 0.670. The van der Waals surface area contributed by atoms with E-state index in [0.29, 0.717) is 5.69 Å². The third-order valence-corrected chi connectivity index (χ3v) is 3.59. The zero-order valence-electron chi connectivity index (χ0n) is 14.0. The van der Waals surface area contributed by atoms with Crippen LogP contribution < -0.4 is 14.8 Å². The number of ether oxygens (including phenoxy) is 1. The molecule has 1 rings (SSSR count). The SMILES string of the molecule is CC(C)(C)C(NS(C)(=O)=O)C(=O)Nc1cccc(OCC(=O)O)c1. The van der Waals surface area contributed by atoms with Gasteiger partial charge in [-0.05, 0) is 17.5 Å². The fraction of sp³-hybridized carbons (Fsp3) is 0.467. The first-order valence-electron chi connectivity index (χ1n) is 7.11. The number of hydrogen-bond acceptors (Lipinski definition) is 5. The van der Waals surface area contributed by atoms with Gasteiger partial charge in [0.2, 0.25) is 15.9 Å². The maximum atomic E-state index is 12.4. The topological polar surface area (TPSA) is 122 Å². The van der Waals surface area contributed by atoms with Crippen molar-refractivity contribution in [2.24, 2.45) is 5.41 Å². The fourth-order valence-electron chi connectivity index (χ4n) is 1.86. The Morgan fingerprint density at radius 1 is 1.29 bits per heavy atom. The van der Waals surface area contributed by atoms with Crippen molar-refractivity contribution >= 4 is 27.6 Å². The van der Waals surface area contributed by atoms with Crippen molar-refractivity contribution in [3.05, 3.63) is 24.3 Å². The molecule has 0 fully saturated rings. The van der Waals surface area contributed by atoms with Crippen LogP contribution in [-0.4, -0.2) is 44.3 Å². The van der Waals surface area contributed by atoms with Crippen LogP contribution in [0.1, 0.15) is 20.8 Å². The lowest BCUT2D eigenvalue weighted by atomic mass is 9.87. The highest BCUT2D eigenvalue weighted by Crippen LogP contribution is 2.23. The molecule has 0 aliphatic rings. The zero-order valence-corrected chi connectivity index (χ0v) is 14.8. The Balaban J connectivity index is 2.91. The van der Waals surface area contributed by atoms with Crippen molar-refractivity contribution in [2.75, 3.05) is 18.2 Å². The first-order valence-corrected chi connectivity index (χ1v) is 9.00. The van der Waals surface area contributed by atoms with Crippen molar-refractivity contribution in [1.29, 1.82) is 0 Å². The Bertz CT molecular complexity index is 709. The van der Waals surface area contributed by atoms with E-state index in [9.17, 15) is 18.0 Å². The van der Waals surface area contributed by atoms with E-state index in [1.54, 1.807) is 39.0 Å². The lowest BCUT2D eigenvalue weighted by Gasteiger charge is -2.29. The smallest absolute Gasteiger partial charge is 0.341 e. The number of carbonyl (C=O) groups excluding carboxylic acids is 1. The molecule has 0 bridgehead atoms. The van der Waals surface area contributed by atoms with Crippen molar-refractivity contribution in [3.8, 4) is 5.75 Å². The second kappa shape index (κ2) is 7.63. The average Bonchev–Trinajstić information content (AvgIpc) is 2.41. The molecule has 134 valence electrons. The number of carboxylic acid groups (broad SMARTS) is 1. The number of nitrogens with one attached hydrogen (secondary N) is 2. The first-order chi connectivity index (χ1) is 10.9. The lowest BCUT2D eigenvalue weighted by Crippen LogP contribution is -2.51. The molecule has 24 heavy (non-hydrogen) atoms. The van der Waals surface area contributed by atoms with Crippen LogP contribution in [0.3, 0.4) is 0 Å². The Morgan fingerprint density at radius 2 is 1.92 bits per heavy atom. The Labute approximate surface area is 141 Å². The summed E-state index contributed by atoms with van der Waals surface area (Å²) in [4.78, 5) is 22.9. The molecule has 1 unspecified atom stereocenters. The molecular formula is C15H22N2O6S. The van der Waals surface area contributed by atoms with Gasteiger partial charge in [0.25, 0.3) is 0 Å².